The number of Topliss-reactive ketones (excluding diaryl/α,β-unsaturated/α-hetero) is 1. The van der Waals surface area contributed by atoms with Gasteiger partial charge in [0.05, 0.1) is 12.1 Å². The molecule has 5 nitrogen and oxygen atoms in total. The molecule has 1 heterocycles. The topological polar surface area (TPSA) is 69.4 Å². The van der Waals surface area contributed by atoms with Gasteiger partial charge in [0.2, 0.25) is 5.78 Å². The SMILES string of the molecule is Cc1ccc(C(=O)[C@@H](C)OC(=O)Cc2c(C)noc2C)cc1. The Balaban J connectivity index is 1.99. The van der Waals surface area contributed by atoms with Gasteiger partial charge in [-0.15, -0.1) is 0 Å². The van der Waals surface area contributed by atoms with Crippen LogP contribution in [0.15, 0.2) is 28.8 Å². The fraction of sp³-hybridized carbons (Fsp3) is 0.353. The number of ketones is 1. The van der Waals surface area contributed by atoms with Crippen LogP contribution in [0.25, 0.3) is 0 Å². The molecule has 0 unspecified atom stereocenters. The number of carbonyl (C=O) groups excluding carboxylic acids is 2. The standard InChI is InChI=1S/C17H19NO4/c1-10-5-7-14(8-6-10)17(20)13(4)21-16(19)9-15-11(2)18-22-12(15)3/h5-8,13H,9H2,1-4H3/t13-/m1/s1. The molecule has 1 atom stereocenters. The normalized spacial score (nSPS) is 12.0. The highest BCUT2D eigenvalue weighted by Gasteiger charge is 2.21. The third-order valence-corrected chi connectivity index (χ3v) is 3.52. The Morgan fingerprint density at radius 2 is 1.82 bits per heavy atom. The molecule has 0 N–H and O–H groups in total. The number of esters is 1. The lowest BCUT2D eigenvalue weighted by Gasteiger charge is -2.12. The van der Waals surface area contributed by atoms with Crippen molar-refractivity contribution in [3.05, 3.63) is 52.4 Å². The molecule has 0 fully saturated rings. The number of aryl methyl sites for hydroxylation is 3. The largest absolute Gasteiger partial charge is 0.454 e. The maximum atomic E-state index is 12.2. The minimum atomic E-state index is -0.823. The Morgan fingerprint density at radius 3 is 2.36 bits per heavy atom. The molecule has 0 spiro atoms. The van der Waals surface area contributed by atoms with E-state index in [0.717, 1.165) is 5.56 Å². The molecule has 0 radical (unpaired) electrons. The first-order valence-electron chi connectivity index (χ1n) is 7.10. The Morgan fingerprint density at radius 1 is 1.18 bits per heavy atom. The second kappa shape index (κ2) is 6.56. The van der Waals surface area contributed by atoms with E-state index in [-0.39, 0.29) is 12.2 Å². The van der Waals surface area contributed by atoms with Crippen molar-refractivity contribution in [2.45, 2.75) is 40.2 Å². The van der Waals surface area contributed by atoms with Crippen LogP contribution in [0, 0.1) is 20.8 Å². The van der Waals surface area contributed by atoms with Gasteiger partial charge in [0, 0.05) is 11.1 Å². The van der Waals surface area contributed by atoms with E-state index in [1.165, 1.54) is 0 Å². The van der Waals surface area contributed by atoms with E-state index in [9.17, 15) is 9.59 Å². The Kier molecular flexibility index (Phi) is 4.75. The molecule has 5 heteroatoms. The zero-order chi connectivity index (χ0) is 16.3. The third-order valence-electron chi connectivity index (χ3n) is 3.52. The summed E-state index contributed by atoms with van der Waals surface area (Å²) in [6, 6.07) is 7.17. The Hall–Kier alpha value is -2.43. The maximum Gasteiger partial charge on any atom is 0.311 e. The van der Waals surface area contributed by atoms with Crippen molar-refractivity contribution < 1.29 is 18.8 Å². The monoisotopic (exact) mass is 301 g/mol. The summed E-state index contributed by atoms with van der Waals surface area (Å²) >= 11 is 0. The average Bonchev–Trinajstić information content (AvgIpc) is 2.79. The summed E-state index contributed by atoms with van der Waals surface area (Å²) in [6.45, 7) is 7.03. The summed E-state index contributed by atoms with van der Waals surface area (Å²) < 4.78 is 10.2. The quantitative estimate of drug-likeness (QED) is 0.627. The molecule has 2 aromatic rings. The van der Waals surface area contributed by atoms with Crippen LogP contribution in [0.3, 0.4) is 0 Å². The smallest absolute Gasteiger partial charge is 0.311 e. The van der Waals surface area contributed by atoms with Gasteiger partial charge in [-0.3, -0.25) is 9.59 Å². The molecule has 0 saturated carbocycles. The number of benzene rings is 1. The summed E-state index contributed by atoms with van der Waals surface area (Å²) in [7, 11) is 0. The van der Waals surface area contributed by atoms with Gasteiger partial charge in [-0.05, 0) is 27.7 Å². The molecule has 0 aliphatic heterocycles. The molecule has 1 aromatic carbocycles. The van der Waals surface area contributed by atoms with Crippen LogP contribution in [-0.2, 0) is 16.0 Å². The minimum Gasteiger partial charge on any atom is -0.454 e. The van der Waals surface area contributed by atoms with E-state index in [0.29, 0.717) is 22.6 Å². The van der Waals surface area contributed by atoms with Gasteiger partial charge in [0.15, 0.2) is 6.10 Å². The molecule has 0 aliphatic carbocycles. The minimum absolute atomic E-state index is 0.0483. The van der Waals surface area contributed by atoms with Crippen LogP contribution >= 0.6 is 0 Å². The van der Waals surface area contributed by atoms with Gasteiger partial charge < -0.3 is 9.26 Å². The first kappa shape index (κ1) is 15.9. The van der Waals surface area contributed by atoms with Gasteiger partial charge in [-0.1, -0.05) is 35.0 Å². The van der Waals surface area contributed by atoms with Crippen molar-refractivity contribution in [2.75, 3.05) is 0 Å². The summed E-state index contributed by atoms with van der Waals surface area (Å²) in [5.41, 5.74) is 2.97. The van der Waals surface area contributed by atoms with E-state index in [1.54, 1.807) is 32.9 Å². The van der Waals surface area contributed by atoms with Crippen LogP contribution < -0.4 is 0 Å². The van der Waals surface area contributed by atoms with Crippen molar-refractivity contribution in [2.24, 2.45) is 0 Å². The van der Waals surface area contributed by atoms with Crippen molar-refractivity contribution in [1.82, 2.24) is 5.16 Å². The fourth-order valence-electron chi connectivity index (χ4n) is 2.14. The van der Waals surface area contributed by atoms with E-state index in [2.05, 4.69) is 5.16 Å². The van der Waals surface area contributed by atoms with Crippen LogP contribution in [-0.4, -0.2) is 23.0 Å². The number of carbonyl (C=O) groups is 2. The molecule has 2 rings (SSSR count). The van der Waals surface area contributed by atoms with Crippen molar-refractivity contribution >= 4 is 11.8 Å². The predicted octanol–water partition coefficient (Wildman–Crippen LogP) is 2.96. The number of hydrogen-bond acceptors (Lipinski definition) is 5. The predicted molar refractivity (Wildman–Crippen MR) is 80.7 cm³/mol. The van der Waals surface area contributed by atoms with Gasteiger partial charge in [-0.25, -0.2) is 0 Å². The van der Waals surface area contributed by atoms with Crippen molar-refractivity contribution in [3.63, 3.8) is 0 Å². The highest BCUT2D eigenvalue weighted by atomic mass is 16.5. The molecule has 0 bridgehead atoms. The second-order valence-electron chi connectivity index (χ2n) is 5.34. The zero-order valence-corrected chi connectivity index (χ0v) is 13.2. The molecule has 116 valence electrons. The van der Waals surface area contributed by atoms with Crippen molar-refractivity contribution in [1.29, 1.82) is 0 Å². The van der Waals surface area contributed by atoms with E-state index < -0.39 is 12.1 Å². The molecular formula is C17H19NO4. The first-order valence-corrected chi connectivity index (χ1v) is 7.10. The second-order valence-corrected chi connectivity index (χ2v) is 5.34. The van der Waals surface area contributed by atoms with Crippen LogP contribution in [0.4, 0.5) is 0 Å². The fourth-order valence-corrected chi connectivity index (χ4v) is 2.14. The van der Waals surface area contributed by atoms with E-state index in [1.807, 2.05) is 19.1 Å². The van der Waals surface area contributed by atoms with Gasteiger partial charge in [0.25, 0.3) is 0 Å². The number of nitrogens with zero attached hydrogens (tertiary/aromatic N) is 1. The van der Waals surface area contributed by atoms with Crippen LogP contribution in [0.5, 0.6) is 0 Å². The highest BCUT2D eigenvalue weighted by molar-refractivity contribution is 6.00. The number of hydrogen-bond donors (Lipinski definition) is 0. The van der Waals surface area contributed by atoms with Gasteiger partial charge in [0.1, 0.15) is 5.76 Å². The van der Waals surface area contributed by atoms with E-state index in [4.69, 9.17) is 9.26 Å². The van der Waals surface area contributed by atoms with Crippen LogP contribution in [0.2, 0.25) is 0 Å². The number of rotatable bonds is 5. The van der Waals surface area contributed by atoms with Gasteiger partial charge in [-0.2, -0.15) is 0 Å². The summed E-state index contributed by atoms with van der Waals surface area (Å²) in [6.07, 6.45) is -0.775. The van der Waals surface area contributed by atoms with Gasteiger partial charge >= 0.3 is 5.97 Å². The molecule has 1 aromatic heterocycles. The summed E-state index contributed by atoms with van der Waals surface area (Å²) in [5, 5.41) is 3.79. The summed E-state index contributed by atoms with van der Waals surface area (Å²) in [5.74, 6) is -0.0959. The van der Waals surface area contributed by atoms with Crippen LogP contribution in [0.1, 0.15) is 39.9 Å². The number of ether oxygens (including phenoxy) is 1. The average molecular weight is 301 g/mol. The summed E-state index contributed by atoms with van der Waals surface area (Å²) in [4.78, 5) is 24.2. The lowest BCUT2D eigenvalue weighted by molar-refractivity contribution is -0.145. The molecule has 22 heavy (non-hydrogen) atoms. The van der Waals surface area contributed by atoms with Crippen molar-refractivity contribution in [3.8, 4) is 0 Å². The molecular weight excluding hydrogens is 282 g/mol. The molecule has 0 saturated heterocycles. The zero-order valence-electron chi connectivity index (χ0n) is 13.2. The molecule has 0 aliphatic rings. The van der Waals surface area contributed by atoms with E-state index >= 15 is 0 Å². The Labute approximate surface area is 129 Å². The maximum absolute atomic E-state index is 12.2. The number of aromatic nitrogens is 1. The third kappa shape index (κ3) is 3.61. The lowest BCUT2D eigenvalue weighted by Crippen LogP contribution is -2.25. The highest BCUT2D eigenvalue weighted by Crippen LogP contribution is 2.15. The lowest BCUT2D eigenvalue weighted by atomic mass is 10.1. The Bertz CT molecular complexity index is 666. The molecule has 0 amide bonds. The first-order chi connectivity index (χ1) is 10.4.